The fourth-order valence-electron chi connectivity index (χ4n) is 2.26. The summed E-state index contributed by atoms with van der Waals surface area (Å²) < 4.78 is 51.3. The summed E-state index contributed by atoms with van der Waals surface area (Å²) in [6.07, 6.45) is -4.33. The summed E-state index contributed by atoms with van der Waals surface area (Å²) >= 11 is 0. The van der Waals surface area contributed by atoms with Crippen LogP contribution in [0.15, 0.2) is 42.5 Å². The standard InChI is InChI=1S/C17H17F4N/c1-22(2)11-13-5-3-12(4-6-13)9-14-7-8-16(18)15(10-14)17(19,20)21/h3-8,10H,9,11H2,1-2H3. The largest absolute Gasteiger partial charge is 0.419 e. The zero-order valence-corrected chi connectivity index (χ0v) is 12.4. The van der Waals surface area contributed by atoms with Crippen LogP contribution >= 0.6 is 0 Å². The molecule has 0 aliphatic rings. The molecule has 22 heavy (non-hydrogen) atoms. The van der Waals surface area contributed by atoms with Gasteiger partial charge in [0, 0.05) is 6.54 Å². The van der Waals surface area contributed by atoms with Crippen molar-refractivity contribution in [2.45, 2.75) is 19.1 Å². The van der Waals surface area contributed by atoms with E-state index in [2.05, 4.69) is 0 Å². The molecule has 0 aromatic heterocycles. The number of alkyl halides is 3. The lowest BCUT2D eigenvalue weighted by molar-refractivity contribution is -0.140. The predicted molar refractivity (Wildman–Crippen MR) is 78.0 cm³/mol. The van der Waals surface area contributed by atoms with Gasteiger partial charge in [-0.25, -0.2) is 4.39 Å². The zero-order chi connectivity index (χ0) is 16.3. The maximum Gasteiger partial charge on any atom is 0.419 e. The summed E-state index contributed by atoms with van der Waals surface area (Å²) in [5.74, 6) is -1.24. The third-order valence-corrected chi connectivity index (χ3v) is 3.27. The number of nitrogens with zero attached hydrogens (tertiary/aromatic N) is 1. The van der Waals surface area contributed by atoms with Crippen LogP contribution in [0.4, 0.5) is 17.6 Å². The van der Waals surface area contributed by atoms with Crippen LogP contribution in [0.5, 0.6) is 0 Å². The van der Waals surface area contributed by atoms with Gasteiger partial charge in [0.15, 0.2) is 0 Å². The summed E-state index contributed by atoms with van der Waals surface area (Å²) in [5, 5.41) is 0. The van der Waals surface area contributed by atoms with Crippen molar-refractivity contribution in [1.29, 1.82) is 0 Å². The number of hydrogen-bond acceptors (Lipinski definition) is 1. The van der Waals surface area contributed by atoms with Gasteiger partial charge < -0.3 is 4.90 Å². The maximum atomic E-state index is 13.3. The molecule has 2 aromatic rings. The van der Waals surface area contributed by atoms with Gasteiger partial charge >= 0.3 is 6.18 Å². The lowest BCUT2D eigenvalue weighted by Gasteiger charge is -2.11. The minimum atomic E-state index is -4.67. The van der Waals surface area contributed by atoms with Crippen molar-refractivity contribution < 1.29 is 17.6 Å². The van der Waals surface area contributed by atoms with Crippen LogP contribution in [-0.4, -0.2) is 19.0 Å². The molecule has 0 unspecified atom stereocenters. The van der Waals surface area contributed by atoms with Crippen LogP contribution in [0.3, 0.4) is 0 Å². The minimum absolute atomic E-state index is 0.339. The fourth-order valence-corrected chi connectivity index (χ4v) is 2.26. The fraction of sp³-hybridized carbons (Fsp3) is 0.294. The molecule has 0 aliphatic heterocycles. The highest BCUT2D eigenvalue weighted by molar-refractivity contribution is 5.33. The molecule has 0 bridgehead atoms. The quantitative estimate of drug-likeness (QED) is 0.752. The first-order chi connectivity index (χ1) is 10.3. The van der Waals surface area contributed by atoms with Crippen LogP contribution in [0.25, 0.3) is 0 Å². The van der Waals surface area contributed by atoms with E-state index < -0.39 is 17.6 Å². The summed E-state index contributed by atoms with van der Waals surface area (Å²) in [7, 11) is 3.93. The highest BCUT2D eigenvalue weighted by atomic mass is 19.4. The van der Waals surface area contributed by atoms with Crippen LogP contribution in [-0.2, 0) is 19.1 Å². The topological polar surface area (TPSA) is 3.24 Å². The molecule has 0 heterocycles. The van der Waals surface area contributed by atoms with Crippen LogP contribution < -0.4 is 0 Å². The molecule has 0 saturated carbocycles. The Kier molecular flexibility index (Phi) is 4.86. The predicted octanol–water partition coefficient (Wildman–Crippen LogP) is 4.50. The lowest BCUT2D eigenvalue weighted by atomic mass is 10.0. The second-order valence-corrected chi connectivity index (χ2v) is 5.54. The molecule has 0 fully saturated rings. The zero-order valence-electron chi connectivity index (χ0n) is 12.4. The Labute approximate surface area is 127 Å². The SMILES string of the molecule is CN(C)Cc1ccc(Cc2ccc(F)c(C(F)(F)F)c2)cc1. The van der Waals surface area contributed by atoms with Crippen molar-refractivity contribution in [2.24, 2.45) is 0 Å². The van der Waals surface area contributed by atoms with E-state index in [1.807, 2.05) is 43.3 Å². The Morgan fingerprint density at radius 1 is 0.864 bits per heavy atom. The molecular weight excluding hydrogens is 294 g/mol. The van der Waals surface area contributed by atoms with Crippen LogP contribution in [0.1, 0.15) is 22.3 Å². The first-order valence-corrected chi connectivity index (χ1v) is 6.84. The highest BCUT2D eigenvalue weighted by Crippen LogP contribution is 2.32. The molecule has 1 nitrogen and oxygen atoms in total. The Morgan fingerprint density at radius 3 is 1.95 bits per heavy atom. The van der Waals surface area contributed by atoms with Crippen molar-refractivity contribution in [3.8, 4) is 0 Å². The number of hydrogen-bond donors (Lipinski definition) is 0. The van der Waals surface area contributed by atoms with Gasteiger partial charge in [-0.3, -0.25) is 0 Å². The molecule has 0 spiro atoms. The van der Waals surface area contributed by atoms with Gasteiger partial charge in [0.1, 0.15) is 5.82 Å². The third kappa shape index (κ3) is 4.31. The van der Waals surface area contributed by atoms with Crippen molar-refractivity contribution in [2.75, 3.05) is 14.1 Å². The van der Waals surface area contributed by atoms with E-state index in [0.717, 1.165) is 29.8 Å². The molecular formula is C17H17F4N. The molecule has 5 heteroatoms. The summed E-state index contributed by atoms with van der Waals surface area (Å²) in [6.45, 7) is 0.801. The highest BCUT2D eigenvalue weighted by Gasteiger charge is 2.34. The van der Waals surface area contributed by atoms with Crippen molar-refractivity contribution >= 4 is 0 Å². The van der Waals surface area contributed by atoms with E-state index in [1.165, 1.54) is 6.07 Å². The molecule has 0 atom stereocenters. The molecule has 2 rings (SSSR count). The lowest BCUT2D eigenvalue weighted by Crippen LogP contribution is -2.10. The number of rotatable bonds is 4. The average molecular weight is 311 g/mol. The monoisotopic (exact) mass is 311 g/mol. The Hall–Kier alpha value is -1.88. The van der Waals surface area contributed by atoms with Crippen molar-refractivity contribution in [1.82, 2.24) is 4.90 Å². The molecule has 0 amide bonds. The van der Waals surface area contributed by atoms with Crippen molar-refractivity contribution in [3.63, 3.8) is 0 Å². The molecule has 2 aromatic carbocycles. The Morgan fingerprint density at radius 2 is 1.41 bits per heavy atom. The second kappa shape index (κ2) is 6.48. The van der Waals surface area contributed by atoms with Crippen LogP contribution in [0, 0.1) is 5.82 Å². The Balaban J connectivity index is 2.17. The summed E-state index contributed by atoms with van der Waals surface area (Å²) in [6, 6.07) is 10.8. The van der Waals surface area contributed by atoms with Gasteiger partial charge in [0.05, 0.1) is 5.56 Å². The molecule has 0 aliphatic carbocycles. The van der Waals surface area contributed by atoms with Gasteiger partial charge in [0.25, 0.3) is 0 Å². The van der Waals surface area contributed by atoms with Gasteiger partial charge in [-0.05, 0) is 49.3 Å². The normalized spacial score (nSPS) is 12.0. The van der Waals surface area contributed by atoms with E-state index in [0.29, 0.717) is 12.0 Å². The van der Waals surface area contributed by atoms with Crippen LogP contribution in [0.2, 0.25) is 0 Å². The third-order valence-electron chi connectivity index (χ3n) is 3.27. The molecule has 0 saturated heterocycles. The minimum Gasteiger partial charge on any atom is -0.305 e. The van der Waals surface area contributed by atoms with Crippen molar-refractivity contribution in [3.05, 3.63) is 70.5 Å². The van der Waals surface area contributed by atoms with Gasteiger partial charge in [-0.1, -0.05) is 30.3 Å². The summed E-state index contributed by atoms with van der Waals surface area (Å²) in [4.78, 5) is 2.03. The first-order valence-electron chi connectivity index (χ1n) is 6.84. The molecule has 118 valence electrons. The smallest absolute Gasteiger partial charge is 0.305 e. The molecule has 0 radical (unpaired) electrons. The van der Waals surface area contributed by atoms with Gasteiger partial charge in [-0.15, -0.1) is 0 Å². The number of halogens is 4. The van der Waals surface area contributed by atoms with E-state index in [4.69, 9.17) is 0 Å². The van der Waals surface area contributed by atoms with E-state index >= 15 is 0 Å². The van der Waals surface area contributed by atoms with E-state index in [-0.39, 0.29) is 0 Å². The average Bonchev–Trinajstić information content (AvgIpc) is 2.41. The van der Waals surface area contributed by atoms with E-state index in [1.54, 1.807) is 0 Å². The van der Waals surface area contributed by atoms with Gasteiger partial charge in [-0.2, -0.15) is 13.2 Å². The first kappa shape index (κ1) is 16.5. The second-order valence-electron chi connectivity index (χ2n) is 5.54. The summed E-state index contributed by atoms with van der Waals surface area (Å²) in [5.41, 5.74) is 1.24. The number of benzene rings is 2. The maximum absolute atomic E-state index is 13.3. The molecule has 0 N–H and O–H groups in total. The Bertz CT molecular complexity index is 630. The van der Waals surface area contributed by atoms with E-state index in [9.17, 15) is 17.6 Å². The van der Waals surface area contributed by atoms with Gasteiger partial charge in [0.2, 0.25) is 0 Å².